The van der Waals surface area contributed by atoms with E-state index in [1.807, 2.05) is 12.1 Å². The molecule has 0 saturated carbocycles. The predicted molar refractivity (Wildman–Crippen MR) is 96.6 cm³/mol. The summed E-state index contributed by atoms with van der Waals surface area (Å²) in [5.74, 6) is 0.690. The van der Waals surface area contributed by atoms with Crippen molar-refractivity contribution >= 4 is 28.7 Å². The van der Waals surface area contributed by atoms with Crippen LogP contribution >= 0.6 is 0 Å². The van der Waals surface area contributed by atoms with Crippen LogP contribution in [0.25, 0.3) is 0 Å². The lowest BCUT2D eigenvalue weighted by Gasteiger charge is -2.10. The van der Waals surface area contributed by atoms with Crippen LogP contribution in [0.2, 0.25) is 0 Å². The molecule has 0 amide bonds. The number of nitrogens with one attached hydrogen (secondary N) is 2. The molecule has 0 fully saturated rings. The Balaban J connectivity index is 1.81. The van der Waals surface area contributed by atoms with Crippen LogP contribution in [0.5, 0.6) is 0 Å². The summed E-state index contributed by atoms with van der Waals surface area (Å²) in [5, 5.41) is 17.3. The molecule has 0 aliphatic rings. The van der Waals surface area contributed by atoms with E-state index < -0.39 is 4.92 Å². The van der Waals surface area contributed by atoms with Gasteiger partial charge in [-0.05, 0) is 48.0 Å². The number of hydrogen-bond acceptors (Lipinski definition) is 7. The summed E-state index contributed by atoms with van der Waals surface area (Å²) < 4.78 is 0. The first-order chi connectivity index (χ1) is 12.1. The number of nitro groups is 1. The minimum Gasteiger partial charge on any atom is -0.399 e. The smallest absolute Gasteiger partial charge is 0.311 e. The highest BCUT2D eigenvalue weighted by molar-refractivity contribution is 5.68. The lowest BCUT2D eigenvalue weighted by molar-refractivity contribution is -0.384. The summed E-state index contributed by atoms with van der Waals surface area (Å²) in [6, 6.07) is 13.6. The minimum atomic E-state index is -0.473. The van der Waals surface area contributed by atoms with E-state index >= 15 is 0 Å². The fraction of sp³-hybridized carbons (Fsp3) is 0.0588. The molecule has 1 aromatic carbocycles. The number of nitrogen functional groups attached to an aromatic ring is 1. The third-order valence-electron chi connectivity index (χ3n) is 3.47. The first-order valence-corrected chi connectivity index (χ1v) is 7.52. The third-order valence-corrected chi connectivity index (χ3v) is 3.47. The standard InChI is InChI=1S/C17H16N6O2/c18-13-1-3-14(4-2-13)21-17-15(23(24)25)5-6-16(22-17)20-11-12-7-9-19-10-8-12/h1-10H,11,18H2,(H2,20,21,22). The van der Waals surface area contributed by atoms with Gasteiger partial charge in [0.2, 0.25) is 5.82 Å². The van der Waals surface area contributed by atoms with Crippen molar-refractivity contribution in [2.75, 3.05) is 16.4 Å². The maximum absolute atomic E-state index is 11.2. The number of anilines is 4. The van der Waals surface area contributed by atoms with Crippen LogP contribution < -0.4 is 16.4 Å². The van der Waals surface area contributed by atoms with Crippen molar-refractivity contribution in [1.29, 1.82) is 0 Å². The fourth-order valence-corrected chi connectivity index (χ4v) is 2.19. The first kappa shape index (κ1) is 16.2. The third kappa shape index (κ3) is 4.20. The maximum atomic E-state index is 11.2. The van der Waals surface area contributed by atoms with Crippen molar-refractivity contribution in [3.63, 3.8) is 0 Å². The van der Waals surface area contributed by atoms with Crippen LogP contribution in [-0.4, -0.2) is 14.9 Å². The predicted octanol–water partition coefficient (Wildman–Crippen LogP) is 3.32. The molecule has 3 rings (SSSR count). The largest absolute Gasteiger partial charge is 0.399 e. The fourth-order valence-electron chi connectivity index (χ4n) is 2.19. The van der Waals surface area contributed by atoms with Crippen molar-refractivity contribution in [2.45, 2.75) is 6.54 Å². The number of aromatic nitrogens is 2. The summed E-state index contributed by atoms with van der Waals surface area (Å²) in [7, 11) is 0. The van der Waals surface area contributed by atoms with Gasteiger partial charge in [-0.25, -0.2) is 4.98 Å². The van der Waals surface area contributed by atoms with Gasteiger partial charge in [-0.15, -0.1) is 0 Å². The second kappa shape index (κ2) is 7.26. The molecule has 8 nitrogen and oxygen atoms in total. The Bertz CT molecular complexity index is 868. The molecule has 4 N–H and O–H groups in total. The zero-order valence-electron chi connectivity index (χ0n) is 13.2. The van der Waals surface area contributed by atoms with E-state index in [-0.39, 0.29) is 11.5 Å². The van der Waals surface area contributed by atoms with Gasteiger partial charge in [-0.1, -0.05) is 0 Å². The topological polar surface area (TPSA) is 119 Å². The molecule has 0 aliphatic carbocycles. The van der Waals surface area contributed by atoms with E-state index in [0.29, 0.717) is 23.7 Å². The number of nitrogens with two attached hydrogens (primary N) is 1. The second-order valence-corrected chi connectivity index (χ2v) is 5.28. The van der Waals surface area contributed by atoms with Crippen molar-refractivity contribution in [2.24, 2.45) is 0 Å². The van der Waals surface area contributed by atoms with E-state index in [4.69, 9.17) is 5.73 Å². The van der Waals surface area contributed by atoms with Crippen LogP contribution in [0, 0.1) is 10.1 Å². The highest BCUT2D eigenvalue weighted by atomic mass is 16.6. The van der Waals surface area contributed by atoms with Crippen LogP contribution in [0.15, 0.2) is 60.9 Å². The minimum absolute atomic E-state index is 0.105. The molecule has 0 saturated heterocycles. The number of hydrogen-bond donors (Lipinski definition) is 3. The monoisotopic (exact) mass is 336 g/mol. The van der Waals surface area contributed by atoms with Gasteiger partial charge in [0, 0.05) is 36.4 Å². The lowest BCUT2D eigenvalue weighted by atomic mass is 10.2. The Morgan fingerprint density at radius 2 is 1.76 bits per heavy atom. The molecular weight excluding hydrogens is 320 g/mol. The van der Waals surface area contributed by atoms with Gasteiger partial charge in [0.05, 0.1) is 4.92 Å². The summed E-state index contributed by atoms with van der Waals surface area (Å²) in [6.45, 7) is 0.536. The van der Waals surface area contributed by atoms with Gasteiger partial charge < -0.3 is 16.4 Å². The number of rotatable bonds is 6. The molecule has 2 heterocycles. The van der Waals surface area contributed by atoms with Crippen LogP contribution in [-0.2, 0) is 6.54 Å². The van der Waals surface area contributed by atoms with E-state index in [9.17, 15) is 10.1 Å². The van der Waals surface area contributed by atoms with Crippen LogP contribution in [0.4, 0.5) is 28.7 Å². The molecule has 8 heteroatoms. The Kier molecular flexibility index (Phi) is 4.70. The average molecular weight is 336 g/mol. The normalized spacial score (nSPS) is 10.2. The van der Waals surface area contributed by atoms with E-state index in [1.54, 1.807) is 42.7 Å². The van der Waals surface area contributed by atoms with Crippen LogP contribution in [0.3, 0.4) is 0 Å². The van der Waals surface area contributed by atoms with Crippen molar-refractivity contribution in [3.8, 4) is 0 Å². The van der Waals surface area contributed by atoms with E-state index in [2.05, 4.69) is 20.6 Å². The molecule has 0 spiro atoms. The molecule has 2 aromatic heterocycles. The molecule has 0 atom stereocenters. The quantitative estimate of drug-likeness (QED) is 0.359. The van der Waals surface area contributed by atoms with Gasteiger partial charge in [0.1, 0.15) is 5.82 Å². The van der Waals surface area contributed by atoms with E-state index in [1.165, 1.54) is 6.07 Å². The van der Waals surface area contributed by atoms with Gasteiger partial charge in [-0.2, -0.15) is 0 Å². The SMILES string of the molecule is Nc1ccc(Nc2nc(NCc3ccncc3)ccc2[N+](=O)[O-])cc1. The van der Waals surface area contributed by atoms with Crippen LogP contribution in [0.1, 0.15) is 5.56 Å². The molecule has 3 aromatic rings. The molecular formula is C17H16N6O2. The first-order valence-electron chi connectivity index (χ1n) is 7.52. The van der Waals surface area contributed by atoms with E-state index in [0.717, 1.165) is 5.56 Å². The zero-order chi connectivity index (χ0) is 17.6. The highest BCUT2D eigenvalue weighted by Gasteiger charge is 2.16. The molecule has 0 bridgehead atoms. The summed E-state index contributed by atoms with van der Waals surface area (Å²) in [6.07, 6.45) is 3.41. The zero-order valence-corrected chi connectivity index (χ0v) is 13.2. The number of benzene rings is 1. The average Bonchev–Trinajstić information content (AvgIpc) is 2.63. The van der Waals surface area contributed by atoms with Gasteiger partial charge >= 0.3 is 5.69 Å². The maximum Gasteiger partial charge on any atom is 0.311 e. The summed E-state index contributed by atoms with van der Waals surface area (Å²) in [4.78, 5) is 19.0. The molecule has 0 radical (unpaired) electrons. The van der Waals surface area contributed by atoms with Crippen molar-refractivity contribution in [1.82, 2.24) is 9.97 Å². The Labute approximate surface area is 143 Å². The summed E-state index contributed by atoms with van der Waals surface area (Å²) in [5.41, 5.74) is 7.85. The Hall–Kier alpha value is -3.68. The number of nitrogens with zero attached hydrogens (tertiary/aromatic N) is 3. The van der Waals surface area contributed by atoms with Gasteiger partial charge in [0.25, 0.3) is 0 Å². The molecule has 0 unspecified atom stereocenters. The lowest BCUT2D eigenvalue weighted by Crippen LogP contribution is -2.05. The van der Waals surface area contributed by atoms with Gasteiger partial charge in [-0.3, -0.25) is 15.1 Å². The number of pyridine rings is 2. The Morgan fingerprint density at radius 1 is 1.04 bits per heavy atom. The van der Waals surface area contributed by atoms with Crippen molar-refractivity contribution < 1.29 is 4.92 Å². The van der Waals surface area contributed by atoms with Gasteiger partial charge in [0.15, 0.2) is 0 Å². The second-order valence-electron chi connectivity index (χ2n) is 5.28. The summed E-state index contributed by atoms with van der Waals surface area (Å²) >= 11 is 0. The molecule has 25 heavy (non-hydrogen) atoms. The molecule has 0 aliphatic heterocycles. The van der Waals surface area contributed by atoms with Crippen molar-refractivity contribution in [3.05, 3.63) is 76.6 Å². The highest BCUT2D eigenvalue weighted by Crippen LogP contribution is 2.27. The Morgan fingerprint density at radius 3 is 2.44 bits per heavy atom. The molecule has 126 valence electrons.